The minimum atomic E-state index is -0.538. The van der Waals surface area contributed by atoms with Gasteiger partial charge in [-0.3, -0.25) is 0 Å². The fourth-order valence-corrected chi connectivity index (χ4v) is 3.32. The van der Waals surface area contributed by atoms with Crippen LogP contribution in [-0.2, 0) is 5.54 Å². The Labute approximate surface area is 182 Å². The van der Waals surface area contributed by atoms with E-state index < -0.39 is 6.23 Å². The Morgan fingerprint density at radius 3 is 2.27 bits per heavy atom. The van der Waals surface area contributed by atoms with Gasteiger partial charge in [0.15, 0.2) is 5.54 Å². The summed E-state index contributed by atoms with van der Waals surface area (Å²) in [5.41, 5.74) is -0.592. The maximum absolute atomic E-state index is 6.43. The smallest absolute Gasteiger partial charge is 0.215 e. The molecule has 2 atom stereocenters. The molecule has 0 saturated heterocycles. The van der Waals surface area contributed by atoms with Crippen LogP contribution in [0, 0.1) is 5.41 Å². The number of benzene rings is 1. The normalized spacial score (nSPS) is 14.7. The van der Waals surface area contributed by atoms with Gasteiger partial charge in [0.05, 0.1) is 14.1 Å². The number of tetrazole rings is 1. The number of quaternary nitrogens is 1. The van der Waals surface area contributed by atoms with Crippen LogP contribution in [0.1, 0.15) is 52.7 Å². The maximum Gasteiger partial charge on any atom is 0.215 e. The summed E-state index contributed by atoms with van der Waals surface area (Å²) in [6.45, 7) is 10.6. The van der Waals surface area contributed by atoms with Crippen LogP contribution in [0.2, 0.25) is 5.02 Å². The minimum Gasteiger partial charge on any atom is -0.466 e. The first kappa shape index (κ1) is 22.2. The Hall–Kier alpha value is -2.52. The molecule has 3 rings (SSSR count). The first-order valence-electron chi connectivity index (χ1n) is 9.87. The molecule has 0 unspecified atom stereocenters. The highest BCUT2D eigenvalue weighted by molar-refractivity contribution is 6.30. The van der Waals surface area contributed by atoms with Crippen LogP contribution in [0.5, 0.6) is 5.75 Å². The van der Waals surface area contributed by atoms with Gasteiger partial charge in [0.2, 0.25) is 12.1 Å². The molecule has 0 aliphatic rings. The number of hydrogen-bond acceptors (Lipinski definition) is 6. The van der Waals surface area contributed by atoms with Crippen molar-refractivity contribution < 1.29 is 9.64 Å². The van der Waals surface area contributed by atoms with E-state index >= 15 is 0 Å². The maximum atomic E-state index is 6.43. The quantitative estimate of drug-likeness (QED) is 0.614. The van der Waals surface area contributed by atoms with Crippen molar-refractivity contribution in [2.75, 3.05) is 14.1 Å². The molecule has 9 nitrogen and oxygen atoms in total. The highest BCUT2D eigenvalue weighted by Gasteiger charge is 2.44. The Morgan fingerprint density at radius 1 is 1.07 bits per heavy atom. The van der Waals surface area contributed by atoms with Crippen molar-refractivity contribution >= 4 is 11.6 Å². The van der Waals surface area contributed by atoms with Gasteiger partial charge in [-0.2, -0.15) is 5.10 Å². The van der Waals surface area contributed by atoms with E-state index in [2.05, 4.69) is 74.3 Å². The lowest BCUT2D eigenvalue weighted by molar-refractivity contribution is -0.920. The van der Waals surface area contributed by atoms with Gasteiger partial charge in [-0.25, -0.2) is 14.3 Å². The van der Waals surface area contributed by atoms with Crippen molar-refractivity contribution in [3.63, 3.8) is 0 Å². The molecule has 0 fully saturated rings. The van der Waals surface area contributed by atoms with Crippen LogP contribution in [0.4, 0.5) is 0 Å². The fourth-order valence-electron chi connectivity index (χ4n) is 3.20. The zero-order valence-electron chi connectivity index (χ0n) is 18.5. The molecule has 10 heteroatoms. The van der Waals surface area contributed by atoms with Gasteiger partial charge in [0.25, 0.3) is 0 Å². The summed E-state index contributed by atoms with van der Waals surface area (Å²) in [5, 5.41) is 17.8. The molecular weight excluding hydrogens is 404 g/mol. The average Bonchev–Trinajstić information content (AvgIpc) is 3.33. The van der Waals surface area contributed by atoms with Gasteiger partial charge in [-0.05, 0) is 54.0 Å². The lowest BCUT2D eigenvalue weighted by Gasteiger charge is -2.38. The van der Waals surface area contributed by atoms with E-state index in [1.54, 1.807) is 23.1 Å². The van der Waals surface area contributed by atoms with E-state index in [4.69, 9.17) is 16.3 Å². The number of ether oxygens (including phenoxy) is 1. The first-order chi connectivity index (χ1) is 14.0. The van der Waals surface area contributed by atoms with E-state index in [1.807, 2.05) is 16.8 Å². The van der Waals surface area contributed by atoms with Crippen molar-refractivity contribution in [3.05, 3.63) is 47.8 Å². The Morgan fingerprint density at radius 2 is 1.73 bits per heavy atom. The lowest BCUT2D eigenvalue weighted by atomic mass is 9.85. The summed E-state index contributed by atoms with van der Waals surface area (Å²) < 4.78 is 10.0. The number of aromatic nitrogens is 7. The monoisotopic (exact) mass is 433 g/mol. The molecule has 2 aromatic heterocycles. The predicted octanol–water partition coefficient (Wildman–Crippen LogP) is 2.16. The standard InChI is InChI=1S/C20H29ClN8O/c1-19(2,3)16(29-18(24-25-26-29)20(4,5)27(6)7)17(28-13-22-12-23-28)30-15-10-8-14(21)9-11-15/h8-13,16-17H,1-7H3/p+1/t16-,17-/m0/s1. The van der Waals surface area contributed by atoms with Crippen molar-refractivity contribution in [3.8, 4) is 5.75 Å². The van der Waals surface area contributed by atoms with Gasteiger partial charge in [0, 0.05) is 5.02 Å². The van der Waals surface area contributed by atoms with Crippen molar-refractivity contribution in [1.82, 2.24) is 35.0 Å². The largest absolute Gasteiger partial charge is 0.466 e. The van der Waals surface area contributed by atoms with Crippen LogP contribution < -0.4 is 9.64 Å². The third kappa shape index (κ3) is 4.46. The molecule has 0 aliphatic carbocycles. The van der Waals surface area contributed by atoms with Crippen molar-refractivity contribution in [2.24, 2.45) is 5.41 Å². The molecule has 0 radical (unpaired) electrons. The summed E-state index contributed by atoms with van der Waals surface area (Å²) in [7, 11) is 4.18. The summed E-state index contributed by atoms with van der Waals surface area (Å²) in [6.07, 6.45) is 2.60. The highest BCUT2D eigenvalue weighted by atomic mass is 35.5. The van der Waals surface area contributed by atoms with Crippen molar-refractivity contribution in [2.45, 2.75) is 52.4 Å². The predicted molar refractivity (Wildman–Crippen MR) is 113 cm³/mol. The number of halogens is 1. The summed E-state index contributed by atoms with van der Waals surface area (Å²) >= 11 is 6.05. The summed E-state index contributed by atoms with van der Waals surface area (Å²) in [4.78, 5) is 5.34. The number of nitrogens with one attached hydrogen (secondary N) is 1. The minimum absolute atomic E-state index is 0.273. The van der Waals surface area contributed by atoms with Gasteiger partial charge < -0.3 is 9.64 Å². The molecule has 1 N–H and O–H groups in total. The second-order valence-corrected chi connectivity index (χ2v) is 9.66. The Bertz CT molecular complexity index is 944. The topological polar surface area (TPSA) is 88.0 Å². The molecule has 0 bridgehead atoms. The summed E-state index contributed by atoms with van der Waals surface area (Å²) in [5.74, 6) is 1.44. The Kier molecular flexibility index (Phi) is 6.14. The molecule has 1 aromatic carbocycles. The van der Waals surface area contributed by atoms with Crippen molar-refractivity contribution in [1.29, 1.82) is 0 Å². The molecule has 3 aromatic rings. The zero-order chi connectivity index (χ0) is 22.1. The molecule has 0 saturated carbocycles. The first-order valence-corrected chi connectivity index (χ1v) is 10.2. The van der Waals surface area contributed by atoms with E-state index in [0.29, 0.717) is 10.8 Å². The number of rotatable bonds is 7. The second kappa shape index (κ2) is 8.31. The number of nitrogens with zero attached hydrogens (tertiary/aromatic N) is 7. The van der Waals surface area contributed by atoms with Gasteiger partial charge in [-0.15, -0.1) is 5.10 Å². The van der Waals surface area contributed by atoms with Gasteiger partial charge in [0.1, 0.15) is 24.4 Å². The molecule has 2 heterocycles. The fraction of sp³-hybridized carbons (Fsp3) is 0.550. The molecule has 0 aliphatic heterocycles. The van der Waals surface area contributed by atoms with Crippen LogP contribution >= 0.6 is 11.6 Å². The zero-order valence-corrected chi connectivity index (χ0v) is 19.3. The van der Waals surface area contributed by atoms with Crippen LogP contribution in [0.15, 0.2) is 36.9 Å². The summed E-state index contributed by atoms with van der Waals surface area (Å²) in [6, 6.07) is 6.98. The van der Waals surface area contributed by atoms with E-state index in [9.17, 15) is 0 Å². The van der Waals surface area contributed by atoms with Crippen LogP contribution in [0.25, 0.3) is 0 Å². The third-order valence-corrected chi connectivity index (χ3v) is 5.74. The molecule has 0 amide bonds. The molecule has 162 valence electrons. The van der Waals surface area contributed by atoms with Crippen LogP contribution in [0.3, 0.4) is 0 Å². The van der Waals surface area contributed by atoms with E-state index in [1.165, 1.54) is 11.2 Å². The van der Waals surface area contributed by atoms with Gasteiger partial charge >= 0.3 is 0 Å². The van der Waals surface area contributed by atoms with Gasteiger partial charge in [-0.1, -0.05) is 32.4 Å². The molecule has 30 heavy (non-hydrogen) atoms. The Balaban J connectivity index is 2.13. The second-order valence-electron chi connectivity index (χ2n) is 9.22. The molecule has 0 spiro atoms. The van der Waals surface area contributed by atoms with E-state index in [0.717, 1.165) is 5.82 Å². The lowest BCUT2D eigenvalue weighted by Crippen LogP contribution is -3.12. The number of hydrogen-bond donors (Lipinski definition) is 1. The van der Waals surface area contributed by atoms with Crippen LogP contribution in [-0.4, -0.2) is 49.1 Å². The molecular formula is C20H30ClN8O+. The average molecular weight is 434 g/mol. The third-order valence-electron chi connectivity index (χ3n) is 5.49. The van der Waals surface area contributed by atoms with E-state index in [-0.39, 0.29) is 17.0 Å². The highest BCUT2D eigenvalue weighted by Crippen LogP contribution is 2.41. The SMILES string of the molecule is C[NH+](C)C(C)(C)c1nnnn1[C@@H]([C@H](Oc1ccc(Cl)cc1)n1cncn1)C(C)(C)C.